The molecule has 0 fully saturated rings. The van der Waals surface area contributed by atoms with Crippen LogP contribution >= 0.6 is 0 Å². The molecule has 2 aromatic carbocycles. The Balaban J connectivity index is 1.74. The van der Waals surface area contributed by atoms with Crippen LogP contribution in [-0.4, -0.2) is 25.0 Å². The van der Waals surface area contributed by atoms with Crippen LogP contribution in [0, 0.1) is 5.92 Å². The molecule has 0 atom stereocenters. The van der Waals surface area contributed by atoms with Crippen LogP contribution in [0.2, 0.25) is 0 Å². The number of hydrogen-bond acceptors (Lipinski definition) is 4. The highest BCUT2D eigenvalue weighted by molar-refractivity contribution is 5.92. The summed E-state index contributed by atoms with van der Waals surface area (Å²) >= 11 is 0. The van der Waals surface area contributed by atoms with Crippen LogP contribution in [-0.2, 0) is 16.1 Å². The van der Waals surface area contributed by atoms with E-state index in [2.05, 4.69) is 10.6 Å². The number of carbonyl (C=O) groups excluding carboxylic acids is 2. The van der Waals surface area contributed by atoms with Gasteiger partial charge in [-0.15, -0.1) is 0 Å². The maximum Gasteiger partial charge on any atom is 0.258 e. The first kappa shape index (κ1) is 20.3. The highest BCUT2D eigenvalue weighted by Gasteiger charge is 2.07. The summed E-state index contributed by atoms with van der Waals surface area (Å²) in [6.07, 6.45) is 0. The number of nitrogens with one attached hydrogen (secondary N) is 2. The van der Waals surface area contributed by atoms with Crippen LogP contribution in [0.25, 0.3) is 0 Å². The topological polar surface area (TPSA) is 76.7 Å². The molecule has 6 heteroatoms. The highest BCUT2D eigenvalue weighted by Crippen LogP contribution is 2.17. The van der Waals surface area contributed by atoms with Gasteiger partial charge in [-0.25, -0.2) is 0 Å². The molecule has 0 unspecified atom stereocenters. The standard InChI is InChI=1S/C21H26N2O4/c1-4-26-18-9-11-19(12-10-18)27-14-20(24)22-13-16-5-7-17(8-6-16)23-21(25)15(2)3/h5-12,15H,4,13-14H2,1-3H3,(H,22,24)(H,23,25). The van der Waals surface area contributed by atoms with Crippen molar-refractivity contribution in [2.45, 2.75) is 27.3 Å². The van der Waals surface area contributed by atoms with Crippen molar-refractivity contribution in [3.63, 3.8) is 0 Å². The Labute approximate surface area is 159 Å². The molecule has 0 bridgehead atoms. The lowest BCUT2D eigenvalue weighted by atomic mass is 10.1. The highest BCUT2D eigenvalue weighted by atomic mass is 16.5. The van der Waals surface area contributed by atoms with Crippen molar-refractivity contribution in [2.75, 3.05) is 18.5 Å². The molecule has 0 saturated heterocycles. The fraction of sp³-hybridized carbons (Fsp3) is 0.333. The predicted octanol–water partition coefficient (Wildman–Crippen LogP) is 3.38. The maximum absolute atomic E-state index is 11.9. The van der Waals surface area contributed by atoms with Crippen LogP contribution in [0.3, 0.4) is 0 Å². The van der Waals surface area contributed by atoms with Gasteiger partial charge < -0.3 is 20.1 Å². The van der Waals surface area contributed by atoms with Gasteiger partial charge in [-0.3, -0.25) is 9.59 Å². The number of benzene rings is 2. The summed E-state index contributed by atoms with van der Waals surface area (Å²) in [5.74, 6) is 1.07. The molecule has 144 valence electrons. The Hall–Kier alpha value is -3.02. The van der Waals surface area contributed by atoms with Gasteiger partial charge in [0.15, 0.2) is 6.61 Å². The van der Waals surface area contributed by atoms with E-state index in [-0.39, 0.29) is 24.3 Å². The summed E-state index contributed by atoms with van der Waals surface area (Å²) in [6, 6.07) is 14.5. The van der Waals surface area contributed by atoms with Crippen LogP contribution < -0.4 is 20.1 Å². The lowest BCUT2D eigenvalue weighted by Gasteiger charge is -2.10. The van der Waals surface area contributed by atoms with Crippen LogP contribution in [0.1, 0.15) is 26.3 Å². The van der Waals surface area contributed by atoms with Crippen molar-refractivity contribution in [1.82, 2.24) is 5.32 Å². The van der Waals surface area contributed by atoms with E-state index in [1.54, 1.807) is 24.3 Å². The molecule has 2 N–H and O–H groups in total. The average molecular weight is 370 g/mol. The summed E-state index contributed by atoms with van der Waals surface area (Å²) in [5, 5.41) is 5.63. The van der Waals surface area contributed by atoms with Crippen LogP contribution in [0.5, 0.6) is 11.5 Å². The van der Waals surface area contributed by atoms with Gasteiger partial charge in [0.1, 0.15) is 11.5 Å². The van der Waals surface area contributed by atoms with Gasteiger partial charge >= 0.3 is 0 Å². The molecule has 6 nitrogen and oxygen atoms in total. The third-order valence-electron chi connectivity index (χ3n) is 3.74. The number of hydrogen-bond donors (Lipinski definition) is 2. The molecule has 0 aliphatic heterocycles. The van der Waals surface area contributed by atoms with Crippen LogP contribution in [0.4, 0.5) is 5.69 Å². The van der Waals surface area contributed by atoms with E-state index in [4.69, 9.17) is 9.47 Å². The first-order valence-corrected chi connectivity index (χ1v) is 9.00. The van der Waals surface area contributed by atoms with E-state index < -0.39 is 0 Å². The molecule has 0 aromatic heterocycles. The molecule has 2 aromatic rings. The quantitative estimate of drug-likeness (QED) is 0.709. The Kier molecular flexibility index (Phi) is 7.67. The Bertz CT molecular complexity index is 740. The number of anilines is 1. The smallest absolute Gasteiger partial charge is 0.258 e. The second kappa shape index (κ2) is 10.2. The summed E-state index contributed by atoms with van der Waals surface area (Å²) in [6.45, 7) is 6.54. The third-order valence-corrected chi connectivity index (χ3v) is 3.74. The lowest BCUT2D eigenvalue weighted by Crippen LogP contribution is -2.28. The van der Waals surface area contributed by atoms with Crippen LogP contribution in [0.15, 0.2) is 48.5 Å². The Morgan fingerprint density at radius 3 is 2.07 bits per heavy atom. The van der Waals surface area contributed by atoms with E-state index in [9.17, 15) is 9.59 Å². The zero-order valence-electron chi connectivity index (χ0n) is 16.0. The molecular formula is C21H26N2O4. The maximum atomic E-state index is 11.9. The zero-order valence-corrected chi connectivity index (χ0v) is 16.0. The van der Waals surface area contributed by atoms with Gasteiger partial charge in [0.25, 0.3) is 5.91 Å². The molecule has 27 heavy (non-hydrogen) atoms. The third kappa shape index (κ3) is 7.01. The minimum absolute atomic E-state index is 0.0255. The van der Waals surface area contributed by atoms with Gasteiger partial charge in [0, 0.05) is 18.2 Å². The molecule has 0 saturated carbocycles. The summed E-state index contributed by atoms with van der Waals surface area (Å²) in [4.78, 5) is 23.6. The fourth-order valence-electron chi connectivity index (χ4n) is 2.19. The van der Waals surface area contributed by atoms with E-state index in [1.165, 1.54) is 0 Å². The molecule has 0 heterocycles. The number of carbonyl (C=O) groups is 2. The average Bonchev–Trinajstić information content (AvgIpc) is 2.67. The second-order valence-electron chi connectivity index (χ2n) is 6.31. The second-order valence-corrected chi connectivity index (χ2v) is 6.31. The first-order chi connectivity index (χ1) is 13.0. The van der Waals surface area contributed by atoms with E-state index in [1.807, 2.05) is 45.0 Å². The van der Waals surface area contributed by atoms with Crippen molar-refractivity contribution in [2.24, 2.45) is 5.92 Å². The van der Waals surface area contributed by atoms with Gasteiger partial charge in [-0.05, 0) is 48.9 Å². The molecule has 2 amide bonds. The number of amides is 2. The Morgan fingerprint density at radius 2 is 1.52 bits per heavy atom. The van der Waals surface area contributed by atoms with E-state index in [0.717, 1.165) is 17.0 Å². The van der Waals surface area contributed by atoms with E-state index in [0.29, 0.717) is 18.9 Å². The summed E-state index contributed by atoms with van der Waals surface area (Å²) < 4.78 is 10.8. The Morgan fingerprint density at radius 1 is 0.926 bits per heavy atom. The molecule has 0 aliphatic carbocycles. The van der Waals surface area contributed by atoms with Gasteiger partial charge in [-0.1, -0.05) is 26.0 Å². The minimum atomic E-state index is -0.207. The normalized spacial score (nSPS) is 10.4. The summed E-state index contributed by atoms with van der Waals surface area (Å²) in [5.41, 5.74) is 1.68. The molecular weight excluding hydrogens is 344 g/mol. The number of rotatable bonds is 9. The summed E-state index contributed by atoms with van der Waals surface area (Å²) in [7, 11) is 0. The van der Waals surface area contributed by atoms with Crippen molar-refractivity contribution in [3.05, 3.63) is 54.1 Å². The molecule has 2 rings (SSSR count). The largest absolute Gasteiger partial charge is 0.494 e. The molecule has 0 aliphatic rings. The number of ether oxygens (including phenoxy) is 2. The van der Waals surface area contributed by atoms with Crippen molar-refractivity contribution >= 4 is 17.5 Å². The van der Waals surface area contributed by atoms with Gasteiger partial charge in [-0.2, -0.15) is 0 Å². The molecule has 0 radical (unpaired) electrons. The SMILES string of the molecule is CCOc1ccc(OCC(=O)NCc2ccc(NC(=O)C(C)C)cc2)cc1. The van der Waals surface area contributed by atoms with Crippen molar-refractivity contribution < 1.29 is 19.1 Å². The zero-order chi connectivity index (χ0) is 19.6. The monoisotopic (exact) mass is 370 g/mol. The molecule has 0 spiro atoms. The lowest BCUT2D eigenvalue weighted by molar-refractivity contribution is -0.123. The minimum Gasteiger partial charge on any atom is -0.494 e. The fourth-order valence-corrected chi connectivity index (χ4v) is 2.19. The first-order valence-electron chi connectivity index (χ1n) is 9.00. The van der Waals surface area contributed by atoms with Gasteiger partial charge in [0.2, 0.25) is 5.91 Å². The van der Waals surface area contributed by atoms with E-state index >= 15 is 0 Å². The van der Waals surface area contributed by atoms with Crippen molar-refractivity contribution in [1.29, 1.82) is 0 Å². The van der Waals surface area contributed by atoms with Gasteiger partial charge in [0.05, 0.1) is 6.61 Å². The predicted molar refractivity (Wildman–Crippen MR) is 105 cm³/mol. The van der Waals surface area contributed by atoms with Crippen molar-refractivity contribution in [3.8, 4) is 11.5 Å².